The highest BCUT2D eigenvalue weighted by Gasteiger charge is 2.41. The molecule has 0 spiro atoms. The molecule has 2 atom stereocenters. The fourth-order valence-electron chi connectivity index (χ4n) is 4.05. The molecule has 1 aliphatic rings. The zero-order valence-corrected chi connectivity index (χ0v) is 19.8. The van der Waals surface area contributed by atoms with Gasteiger partial charge in [-0.3, -0.25) is 9.97 Å². The molecule has 1 aliphatic heterocycles. The summed E-state index contributed by atoms with van der Waals surface area (Å²) in [4.78, 5) is 10.9. The summed E-state index contributed by atoms with van der Waals surface area (Å²) in [6.07, 6.45) is 5.40. The minimum Gasteiger partial charge on any atom is -0.459 e. The average Bonchev–Trinajstić information content (AvgIpc) is 3.40. The normalized spacial score (nSPS) is 18.1. The third-order valence-electron chi connectivity index (χ3n) is 5.61. The molecule has 5 rings (SSSR count). The molecule has 1 aromatic carbocycles. The van der Waals surface area contributed by atoms with Crippen molar-refractivity contribution in [3.8, 4) is 11.3 Å². The van der Waals surface area contributed by atoms with Crippen LogP contribution in [0.25, 0.3) is 11.3 Å². The second kappa shape index (κ2) is 8.84. The van der Waals surface area contributed by atoms with Gasteiger partial charge < -0.3 is 14.6 Å². The van der Waals surface area contributed by atoms with Gasteiger partial charge in [-0.2, -0.15) is 0 Å². The van der Waals surface area contributed by atoms with Crippen molar-refractivity contribution in [1.29, 1.82) is 0 Å². The van der Waals surface area contributed by atoms with Gasteiger partial charge >= 0.3 is 0 Å². The van der Waals surface area contributed by atoms with Crippen LogP contribution in [-0.4, -0.2) is 20.0 Å². The van der Waals surface area contributed by atoms with Crippen LogP contribution in [0.1, 0.15) is 34.7 Å². The number of benzene rings is 1. The Morgan fingerprint density at radius 2 is 1.91 bits per heavy atom. The fourth-order valence-corrected chi connectivity index (χ4v) is 5.04. The van der Waals surface area contributed by atoms with Gasteiger partial charge in [-0.25, -0.2) is 0 Å². The van der Waals surface area contributed by atoms with Gasteiger partial charge in [-0.1, -0.05) is 28.1 Å². The Morgan fingerprint density at radius 3 is 2.66 bits per heavy atom. The third kappa shape index (κ3) is 4.06. The maximum absolute atomic E-state index is 6.43. The molecule has 1 N–H and O–H groups in total. The first-order valence-corrected chi connectivity index (χ1v) is 11.5. The van der Waals surface area contributed by atoms with E-state index in [1.807, 2.05) is 42.5 Å². The van der Waals surface area contributed by atoms with E-state index in [4.69, 9.17) is 16.6 Å². The second-order valence-electron chi connectivity index (χ2n) is 7.80. The van der Waals surface area contributed by atoms with Crippen LogP contribution in [0.2, 0.25) is 0 Å². The Labute approximate surface area is 200 Å². The van der Waals surface area contributed by atoms with Crippen molar-refractivity contribution in [3.63, 3.8) is 0 Å². The van der Waals surface area contributed by atoms with Crippen molar-refractivity contribution < 1.29 is 4.42 Å². The molecule has 1 saturated heterocycles. The van der Waals surface area contributed by atoms with Crippen molar-refractivity contribution in [2.45, 2.75) is 25.6 Å². The number of furan rings is 1. The van der Waals surface area contributed by atoms with Gasteiger partial charge in [-0.15, -0.1) is 0 Å². The summed E-state index contributed by atoms with van der Waals surface area (Å²) in [5.41, 5.74) is 4.26. The van der Waals surface area contributed by atoms with Gasteiger partial charge in [0.25, 0.3) is 0 Å². The third-order valence-corrected chi connectivity index (χ3v) is 6.62. The summed E-state index contributed by atoms with van der Waals surface area (Å²) in [5, 5.41) is 4.14. The molecule has 3 aromatic heterocycles. The fraction of sp³-hybridized carbons (Fsp3) is 0.160. The predicted octanol–water partition coefficient (Wildman–Crippen LogP) is 5.98. The quantitative estimate of drug-likeness (QED) is 0.337. The summed E-state index contributed by atoms with van der Waals surface area (Å²) in [6, 6.07) is 20.0. The number of aryl methyl sites for hydroxylation is 1. The SMILES string of the molecule is Cc1ccc(-c2ccc([C@@H]3[C@@H](c4ccccn4)NC(=S)N3Cc3ccncc3)o2)c(Br)c1. The van der Waals surface area contributed by atoms with E-state index >= 15 is 0 Å². The van der Waals surface area contributed by atoms with Crippen LogP contribution in [0.5, 0.6) is 0 Å². The Morgan fingerprint density at radius 1 is 1.06 bits per heavy atom. The lowest BCUT2D eigenvalue weighted by molar-refractivity contribution is 0.269. The second-order valence-corrected chi connectivity index (χ2v) is 9.04. The summed E-state index contributed by atoms with van der Waals surface area (Å²) < 4.78 is 7.44. The summed E-state index contributed by atoms with van der Waals surface area (Å²) in [6.45, 7) is 2.72. The Balaban J connectivity index is 1.55. The van der Waals surface area contributed by atoms with E-state index in [1.165, 1.54) is 5.56 Å². The minimum atomic E-state index is -0.136. The van der Waals surface area contributed by atoms with Crippen LogP contribution in [0.3, 0.4) is 0 Å². The van der Waals surface area contributed by atoms with Gasteiger partial charge in [0.15, 0.2) is 5.11 Å². The van der Waals surface area contributed by atoms with Crippen molar-refractivity contribution in [1.82, 2.24) is 20.2 Å². The zero-order chi connectivity index (χ0) is 22.1. The zero-order valence-electron chi connectivity index (χ0n) is 17.4. The first-order chi connectivity index (χ1) is 15.6. The number of hydrogen-bond acceptors (Lipinski definition) is 4. The van der Waals surface area contributed by atoms with Crippen LogP contribution >= 0.6 is 28.1 Å². The molecule has 0 amide bonds. The topological polar surface area (TPSA) is 54.2 Å². The standard InChI is InChI=1S/C25H21BrN4OS/c1-16-5-6-18(19(26)14-16)21-7-8-22(31-21)24-23(20-4-2-3-11-28-20)29-25(32)30(24)15-17-9-12-27-13-10-17/h2-14,23-24H,15H2,1H3,(H,29,32)/t23-,24-/m1/s1. The molecule has 0 radical (unpaired) electrons. The van der Waals surface area contributed by atoms with Crippen molar-refractivity contribution in [2.75, 3.05) is 0 Å². The van der Waals surface area contributed by atoms with Gasteiger partial charge in [-0.05, 0) is 78.8 Å². The first-order valence-electron chi connectivity index (χ1n) is 10.3. The minimum absolute atomic E-state index is 0.119. The number of nitrogens with one attached hydrogen (secondary N) is 1. The number of rotatable bonds is 5. The predicted molar refractivity (Wildman–Crippen MR) is 132 cm³/mol. The van der Waals surface area contributed by atoms with E-state index in [0.29, 0.717) is 11.7 Å². The lowest BCUT2D eigenvalue weighted by Crippen LogP contribution is -2.29. The smallest absolute Gasteiger partial charge is 0.170 e. The van der Waals surface area contributed by atoms with Crippen LogP contribution < -0.4 is 5.32 Å². The van der Waals surface area contributed by atoms with Gasteiger partial charge in [0.1, 0.15) is 17.6 Å². The number of hydrogen-bond donors (Lipinski definition) is 1. The summed E-state index contributed by atoms with van der Waals surface area (Å²) >= 11 is 9.42. The number of halogens is 1. The van der Waals surface area contributed by atoms with E-state index < -0.39 is 0 Å². The molecule has 4 aromatic rings. The summed E-state index contributed by atoms with van der Waals surface area (Å²) in [5.74, 6) is 1.65. The van der Waals surface area contributed by atoms with E-state index in [0.717, 1.165) is 32.8 Å². The van der Waals surface area contributed by atoms with E-state index in [2.05, 4.69) is 61.2 Å². The number of pyridine rings is 2. The molecule has 0 saturated carbocycles. The van der Waals surface area contributed by atoms with Crippen LogP contribution in [0, 0.1) is 6.92 Å². The molecule has 0 bridgehead atoms. The van der Waals surface area contributed by atoms with Crippen LogP contribution in [0.4, 0.5) is 0 Å². The monoisotopic (exact) mass is 504 g/mol. The molecule has 0 aliphatic carbocycles. The highest BCUT2D eigenvalue weighted by Crippen LogP contribution is 2.42. The highest BCUT2D eigenvalue weighted by atomic mass is 79.9. The molecular formula is C25H21BrN4OS. The number of nitrogens with zero attached hydrogens (tertiary/aromatic N) is 3. The van der Waals surface area contributed by atoms with E-state index in [1.54, 1.807) is 18.6 Å². The van der Waals surface area contributed by atoms with E-state index in [-0.39, 0.29) is 12.1 Å². The molecule has 7 heteroatoms. The molecular weight excluding hydrogens is 484 g/mol. The van der Waals surface area contributed by atoms with Gasteiger partial charge in [0, 0.05) is 35.2 Å². The number of aromatic nitrogens is 2. The number of thiocarbonyl (C=S) groups is 1. The molecule has 0 unspecified atom stereocenters. The average molecular weight is 505 g/mol. The molecule has 1 fully saturated rings. The molecule has 32 heavy (non-hydrogen) atoms. The Hall–Kier alpha value is -3.03. The Bertz CT molecular complexity index is 1250. The van der Waals surface area contributed by atoms with Gasteiger partial charge in [0.2, 0.25) is 0 Å². The van der Waals surface area contributed by atoms with Crippen molar-refractivity contribution >= 4 is 33.3 Å². The summed E-state index contributed by atoms with van der Waals surface area (Å²) in [7, 11) is 0. The lowest BCUT2D eigenvalue weighted by Gasteiger charge is -2.26. The largest absolute Gasteiger partial charge is 0.459 e. The molecule has 5 nitrogen and oxygen atoms in total. The first kappa shape index (κ1) is 20.8. The highest BCUT2D eigenvalue weighted by molar-refractivity contribution is 9.10. The maximum Gasteiger partial charge on any atom is 0.170 e. The van der Waals surface area contributed by atoms with E-state index in [9.17, 15) is 0 Å². The Kier molecular flexibility index (Phi) is 5.76. The molecule has 160 valence electrons. The van der Waals surface area contributed by atoms with Crippen molar-refractivity contribution in [3.05, 3.63) is 106 Å². The maximum atomic E-state index is 6.43. The lowest BCUT2D eigenvalue weighted by atomic mass is 10.0. The van der Waals surface area contributed by atoms with Gasteiger partial charge in [0.05, 0.1) is 11.7 Å². The van der Waals surface area contributed by atoms with Crippen molar-refractivity contribution in [2.24, 2.45) is 0 Å². The molecule has 4 heterocycles. The van der Waals surface area contributed by atoms with Crippen LogP contribution in [-0.2, 0) is 6.54 Å². The van der Waals surface area contributed by atoms with Crippen LogP contribution in [0.15, 0.2) is 88.1 Å².